The van der Waals surface area contributed by atoms with Crippen molar-refractivity contribution in [2.75, 3.05) is 37.7 Å². The quantitative estimate of drug-likeness (QED) is 0.477. The molecule has 2 aliphatic rings. The van der Waals surface area contributed by atoms with Gasteiger partial charge in [-0.15, -0.1) is 0 Å². The van der Waals surface area contributed by atoms with Crippen molar-refractivity contribution in [3.05, 3.63) is 0 Å². The molecule has 5 heteroatoms. The molecule has 0 radical (unpaired) electrons. The fourth-order valence-electron chi connectivity index (χ4n) is 2.14. The minimum absolute atomic E-state index is 0.227. The summed E-state index contributed by atoms with van der Waals surface area (Å²) in [6, 6.07) is 0.786. The van der Waals surface area contributed by atoms with E-state index in [1.54, 1.807) is 0 Å². The smallest absolute Gasteiger partial charge is 0.188 e. The second-order valence-electron chi connectivity index (χ2n) is 3.93. The molecule has 2 saturated heterocycles. The third kappa shape index (κ3) is 2.15. The second-order valence-corrected chi connectivity index (χ2v) is 5.08. The van der Waals surface area contributed by atoms with Gasteiger partial charge < -0.3 is 10.6 Å². The largest absolute Gasteiger partial charge is 0.370 e. The molecule has 0 saturated carbocycles. The van der Waals surface area contributed by atoms with Crippen LogP contribution in [0, 0.1) is 5.41 Å². The molecule has 80 valence electrons. The van der Waals surface area contributed by atoms with Gasteiger partial charge in [0.05, 0.1) is 0 Å². The highest BCUT2D eigenvalue weighted by molar-refractivity contribution is 7.99. The van der Waals surface area contributed by atoms with E-state index in [1.807, 2.05) is 4.90 Å². The summed E-state index contributed by atoms with van der Waals surface area (Å²) in [6.07, 6.45) is 1.34. The number of hydrogen-bond donors (Lipinski definition) is 2. The minimum Gasteiger partial charge on any atom is -0.370 e. The number of guanidine groups is 1. The van der Waals surface area contributed by atoms with Gasteiger partial charge in [-0.25, -0.2) is 0 Å². The van der Waals surface area contributed by atoms with Gasteiger partial charge in [0.25, 0.3) is 0 Å². The molecule has 4 nitrogen and oxygen atoms in total. The highest BCUT2D eigenvalue weighted by Gasteiger charge is 2.26. The van der Waals surface area contributed by atoms with Crippen molar-refractivity contribution in [2.24, 2.45) is 5.73 Å². The molecule has 1 atom stereocenters. The van der Waals surface area contributed by atoms with Crippen LogP contribution in [0.4, 0.5) is 0 Å². The van der Waals surface area contributed by atoms with Crippen LogP contribution in [-0.2, 0) is 0 Å². The third-order valence-electron chi connectivity index (χ3n) is 3.08. The van der Waals surface area contributed by atoms with E-state index in [9.17, 15) is 0 Å². The highest BCUT2D eigenvalue weighted by atomic mass is 32.2. The average Bonchev–Trinajstić information content (AvgIpc) is 2.71. The van der Waals surface area contributed by atoms with Gasteiger partial charge in [0.1, 0.15) is 0 Å². The number of rotatable bonds is 1. The maximum atomic E-state index is 7.35. The van der Waals surface area contributed by atoms with Gasteiger partial charge in [-0.05, 0) is 12.2 Å². The van der Waals surface area contributed by atoms with Crippen LogP contribution in [0.25, 0.3) is 0 Å². The molecule has 0 unspecified atom stereocenters. The number of thioether (sulfide) groups is 1. The lowest BCUT2D eigenvalue weighted by molar-refractivity contribution is 0.142. The molecule has 14 heavy (non-hydrogen) atoms. The molecule has 0 aromatic heterocycles. The number of hydrogen-bond acceptors (Lipinski definition) is 3. The first-order valence-corrected chi connectivity index (χ1v) is 6.33. The van der Waals surface area contributed by atoms with Crippen LogP contribution in [0.15, 0.2) is 0 Å². The van der Waals surface area contributed by atoms with E-state index in [1.165, 1.54) is 17.9 Å². The van der Waals surface area contributed by atoms with Crippen LogP contribution in [0.3, 0.4) is 0 Å². The first kappa shape index (κ1) is 10.1. The summed E-state index contributed by atoms with van der Waals surface area (Å²) in [7, 11) is 0. The number of nitrogens with zero attached hydrogens (tertiary/aromatic N) is 2. The molecule has 2 aliphatic heterocycles. The van der Waals surface area contributed by atoms with Gasteiger partial charge >= 0.3 is 0 Å². The second kappa shape index (κ2) is 4.40. The molecule has 2 heterocycles. The molecular weight excluding hydrogens is 196 g/mol. The van der Waals surface area contributed by atoms with Crippen molar-refractivity contribution in [2.45, 2.75) is 12.5 Å². The molecule has 2 fully saturated rings. The lowest BCUT2D eigenvalue weighted by atomic mass is 10.2. The standard InChI is InChI=1S/C9H18N4S/c10-9(11)13-4-2-12(3-5-13)8-1-6-14-7-8/h8H,1-7H2,(H3,10,11)/t8-/m1/s1. The van der Waals surface area contributed by atoms with E-state index in [-0.39, 0.29) is 5.96 Å². The van der Waals surface area contributed by atoms with Gasteiger partial charge in [0, 0.05) is 38.0 Å². The molecule has 0 aromatic rings. The van der Waals surface area contributed by atoms with Crippen LogP contribution >= 0.6 is 11.8 Å². The molecule has 0 aliphatic carbocycles. The highest BCUT2D eigenvalue weighted by Crippen LogP contribution is 2.22. The number of nitrogens with one attached hydrogen (secondary N) is 1. The van der Waals surface area contributed by atoms with E-state index in [4.69, 9.17) is 11.1 Å². The molecule has 0 aromatic carbocycles. The Labute approximate surface area is 89.3 Å². The zero-order valence-corrected chi connectivity index (χ0v) is 9.22. The molecule has 0 bridgehead atoms. The Bertz CT molecular complexity index is 207. The maximum absolute atomic E-state index is 7.35. The summed E-state index contributed by atoms with van der Waals surface area (Å²) in [5.74, 6) is 2.84. The zero-order valence-electron chi connectivity index (χ0n) is 8.41. The fourth-order valence-corrected chi connectivity index (χ4v) is 3.39. The SMILES string of the molecule is N=C(N)N1CCN([C@@H]2CCSC2)CC1. The van der Waals surface area contributed by atoms with Crippen molar-refractivity contribution >= 4 is 17.7 Å². The monoisotopic (exact) mass is 214 g/mol. The maximum Gasteiger partial charge on any atom is 0.188 e. The van der Waals surface area contributed by atoms with Gasteiger partial charge in [-0.1, -0.05) is 0 Å². The van der Waals surface area contributed by atoms with Crippen LogP contribution in [-0.4, -0.2) is 59.5 Å². The first-order valence-electron chi connectivity index (χ1n) is 5.18. The summed E-state index contributed by atoms with van der Waals surface area (Å²) < 4.78 is 0. The Kier molecular flexibility index (Phi) is 3.18. The average molecular weight is 214 g/mol. The van der Waals surface area contributed by atoms with E-state index in [0.717, 1.165) is 32.2 Å². The molecule has 3 N–H and O–H groups in total. The van der Waals surface area contributed by atoms with Gasteiger partial charge in [-0.3, -0.25) is 10.3 Å². The summed E-state index contributed by atoms with van der Waals surface area (Å²) in [4.78, 5) is 4.51. The predicted molar refractivity (Wildman–Crippen MR) is 60.8 cm³/mol. The van der Waals surface area contributed by atoms with Crippen molar-refractivity contribution in [1.29, 1.82) is 5.41 Å². The van der Waals surface area contributed by atoms with Crippen molar-refractivity contribution in [1.82, 2.24) is 9.80 Å². The predicted octanol–water partition coefficient (Wildman–Crippen LogP) is 0.00297. The van der Waals surface area contributed by atoms with Gasteiger partial charge in [-0.2, -0.15) is 11.8 Å². The Morgan fingerprint density at radius 1 is 1.29 bits per heavy atom. The number of nitrogens with two attached hydrogens (primary N) is 1. The van der Waals surface area contributed by atoms with Crippen LogP contribution < -0.4 is 5.73 Å². The lowest BCUT2D eigenvalue weighted by Crippen LogP contribution is -2.53. The molecule has 0 amide bonds. The fraction of sp³-hybridized carbons (Fsp3) is 0.889. The lowest BCUT2D eigenvalue weighted by Gasteiger charge is -2.37. The summed E-state index contributed by atoms with van der Waals surface area (Å²) in [5.41, 5.74) is 5.45. The normalized spacial score (nSPS) is 29.4. The van der Waals surface area contributed by atoms with E-state index < -0.39 is 0 Å². The topological polar surface area (TPSA) is 56.4 Å². The first-order chi connectivity index (χ1) is 6.77. The van der Waals surface area contributed by atoms with Gasteiger partial charge in [0.2, 0.25) is 0 Å². The zero-order chi connectivity index (χ0) is 9.97. The Morgan fingerprint density at radius 2 is 2.00 bits per heavy atom. The Morgan fingerprint density at radius 3 is 2.50 bits per heavy atom. The summed E-state index contributed by atoms with van der Waals surface area (Å²) in [5, 5.41) is 7.35. The Hall–Kier alpha value is -0.420. The van der Waals surface area contributed by atoms with Crippen molar-refractivity contribution in [3.8, 4) is 0 Å². The Balaban J connectivity index is 1.80. The van der Waals surface area contributed by atoms with Crippen LogP contribution in [0.1, 0.15) is 6.42 Å². The van der Waals surface area contributed by atoms with Crippen molar-refractivity contribution in [3.63, 3.8) is 0 Å². The van der Waals surface area contributed by atoms with Crippen LogP contribution in [0.5, 0.6) is 0 Å². The van der Waals surface area contributed by atoms with Crippen LogP contribution in [0.2, 0.25) is 0 Å². The molecule has 2 rings (SSSR count). The van der Waals surface area contributed by atoms with E-state index in [2.05, 4.69) is 16.7 Å². The molecular formula is C9H18N4S. The third-order valence-corrected chi connectivity index (χ3v) is 4.22. The van der Waals surface area contributed by atoms with E-state index >= 15 is 0 Å². The molecule has 0 spiro atoms. The minimum atomic E-state index is 0.227. The number of piperazine rings is 1. The van der Waals surface area contributed by atoms with E-state index in [0.29, 0.717) is 0 Å². The van der Waals surface area contributed by atoms with Crippen molar-refractivity contribution < 1.29 is 0 Å². The summed E-state index contributed by atoms with van der Waals surface area (Å²) >= 11 is 2.06. The summed E-state index contributed by atoms with van der Waals surface area (Å²) in [6.45, 7) is 4.00. The van der Waals surface area contributed by atoms with Gasteiger partial charge in [0.15, 0.2) is 5.96 Å².